The molecule has 0 radical (unpaired) electrons. The van der Waals surface area contributed by atoms with E-state index in [4.69, 9.17) is 9.47 Å². The van der Waals surface area contributed by atoms with Crippen LogP contribution in [0, 0.1) is 5.92 Å². The molecule has 3 aromatic rings. The molecule has 1 saturated heterocycles. The topological polar surface area (TPSA) is 59.1 Å². The van der Waals surface area contributed by atoms with Crippen LogP contribution in [0.5, 0.6) is 11.5 Å². The number of hydrogen-bond acceptors (Lipinski definition) is 4. The highest BCUT2D eigenvalue weighted by Crippen LogP contribution is 2.33. The summed E-state index contributed by atoms with van der Waals surface area (Å²) in [6.07, 6.45) is 0. The minimum Gasteiger partial charge on any atom is -0.454 e. The van der Waals surface area contributed by atoms with Gasteiger partial charge in [-0.25, -0.2) is 0 Å². The third-order valence-corrected chi connectivity index (χ3v) is 5.65. The first-order valence-electron chi connectivity index (χ1n) is 10.3. The van der Waals surface area contributed by atoms with E-state index in [1.807, 2.05) is 65.6 Å². The molecule has 2 heterocycles. The largest absolute Gasteiger partial charge is 0.454 e. The van der Waals surface area contributed by atoms with Crippen molar-refractivity contribution in [2.75, 3.05) is 24.8 Å². The molecule has 2 aliphatic heterocycles. The van der Waals surface area contributed by atoms with Crippen molar-refractivity contribution in [3.05, 3.63) is 90.0 Å². The highest BCUT2D eigenvalue weighted by Gasteiger charge is 2.39. The molecule has 0 N–H and O–H groups in total. The van der Waals surface area contributed by atoms with Crippen LogP contribution in [0.15, 0.2) is 78.9 Å². The SMILES string of the molecule is O=C(c1ccc2c(c1)OCO2)N1CC(C(=O)N(Cc2ccccc2)c2ccccc2)C1. The fraction of sp³-hybridized carbons (Fsp3) is 0.200. The average molecular weight is 414 g/mol. The zero-order valence-electron chi connectivity index (χ0n) is 16.9. The Bertz CT molecular complexity index is 1100. The summed E-state index contributed by atoms with van der Waals surface area (Å²) in [4.78, 5) is 29.7. The van der Waals surface area contributed by atoms with Gasteiger partial charge in [0.25, 0.3) is 5.91 Å². The highest BCUT2D eigenvalue weighted by molar-refractivity contribution is 6.00. The second-order valence-electron chi connectivity index (χ2n) is 7.72. The molecule has 0 saturated carbocycles. The Kier molecular flexibility index (Phi) is 5.04. The summed E-state index contributed by atoms with van der Waals surface area (Å²) >= 11 is 0. The molecule has 1 fully saturated rings. The summed E-state index contributed by atoms with van der Waals surface area (Å²) in [6, 6.07) is 24.8. The van der Waals surface area contributed by atoms with Crippen molar-refractivity contribution in [3.63, 3.8) is 0 Å². The molecule has 0 atom stereocenters. The molecule has 6 nitrogen and oxygen atoms in total. The van der Waals surface area contributed by atoms with E-state index < -0.39 is 0 Å². The number of amides is 2. The number of hydrogen-bond donors (Lipinski definition) is 0. The molecule has 0 aromatic heterocycles. The monoisotopic (exact) mass is 414 g/mol. The first-order chi connectivity index (χ1) is 15.2. The van der Waals surface area contributed by atoms with Crippen molar-refractivity contribution in [2.24, 2.45) is 5.92 Å². The van der Waals surface area contributed by atoms with Crippen molar-refractivity contribution >= 4 is 17.5 Å². The summed E-state index contributed by atoms with van der Waals surface area (Å²) in [7, 11) is 0. The van der Waals surface area contributed by atoms with Crippen LogP contribution in [0.3, 0.4) is 0 Å². The van der Waals surface area contributed by atoms with Crippen LogP contribution in [0.1, 0.15) is 15.9 Å². The summed E-state index contributed by atoms with van der Waals surface area (Å²) in [6.45, 7) is 1.48. The van der Waals surface area contributed by atoms with Crippen LogP contribution in [0.25, 0.3) is 0 Å². The van der Waals surface area contributed by atoms with Gasteiger partial charge in [0.05, 0.1) is 12.5 Å². The number of anilines is 1. The first kappa shape index (κ1) is 19.2. The number of para-hydroxylation sites is 1. The third kappa shape index (κ3) is 3.84. The maximum atomic E-state index is 13.3. The molecule has 0 aliphatic carbocycles. The molecule has 6 heteroatoms. The quantitative estimate of drug-likeness (QED) is 0.639. The number of likely N-dealkylation sites (tertiary alicyclic amines) is 1. The molecule has 0 spiro atoms. The normalized spacial score (nSPS) is 14.8. The number of carbonyl (C=O) groups excluding carboxylic acids is 2. The lowest BCUT2D eigenvalue weighted by Crippen LogP contribution is -2.56. The average Bonchev–Trinajstić information content (AvgIpc) is 3.25. The predicted octanol–water partition coefficient (Wildman–Crippen LogP) is 3.72. The molecule has 2 aliphatic rings. The molecule has 31 heavy (non-hydrogen) atoms. The molecular formula is C25H22N2O4. The van der Waals surface area contributed by atoms with Crippen LogP contribution < -0.4 is 14.4 Å². The minimum absolute atomic E-state index is 0.0322. The van der Waals surface area contributed by atoms with E-state index in [9.17, 15) is 9.59 Å². The van der Waals surface area contributed by atoms with Crippen LogP contribution in [0.2, 0.25) is 0 Å². The fourth-order valence-corrected chi connectivity index (χ4v) is 3.90. The van der Waals surface area contributed by atoms with Gasteiger partial charge in [0.1, 0.15) is 0 Å². The van der Waals surface area contributed by atoms with Crippen LogP contribution in [0.4, 0.5) is 5.69 Å². The molecule has 3 aromatic carbocycles. The number of benzene rings is 3. The summed E-state index contributed by atoms with van der Waals surface area (Å²) in [5, 5.41) is 0. The van der Waals surface area contributed by atoms with Crippen molar-refractivity contribution in [2.45, 2.75) is 6.54 Å². The van der Waals surface area contributed by atoms with Crippen LogP contribution in [-0.2, 0) is 11.3 Å². The van der Waals surface area contributed by atoms with Crippen LogP contribution >= 0.6 is 0 Å². The zero-order chi connectivity index (χ0) is 21.2. The first-order valence-corrected chi connectivity index (χ1v) is 10.3. The van der Waals surface area contributed by atoms with E-state index in [-0.39, 0.29) is 24.5 Å². The van der Waals surface area contributed by atoms with Crippen LogP contribution in [-0.4, -0.2) is 36.6 Å². The summed E-state index contributed by atoms with van der Waals surface area (Å²) < 4.78 is 10.7. The number of nitrogens with zero attached hydrogens (tertiary/aromatic N) is 2. The lowest BCUT2D eigenvalue weighted by molar-refractivity contribution is -0.126. The number of ether oxygens (including phenoxy) is 2. The second-order valence-corrected chi connectivity index (χ2v) is 7.72. The minimum atomic E-state index is -0.220. The van der Waals surface area contributed by atoms with Gasteiger partial charge in [-0.1, -0.05) is 48.5 Å². The van der Waals surface area contributed by atoms with Crippen molar-refractivity contribution in [3.8, 4) is 11.5 Å². The van der Waals surface area contributed by atoms with E-state index in [2.05, 4.69) is 0 Å². The maximum absolute atomic E-state index is 13.3. The van der Waals surface area contributed by atoms with Crippen molar-refractivity contribution in [1.29, 1.82) is 0 Å². The molecule has 156 valence electrons. The lowest BCUT2D eigenvalue weighted by Gasteiger charge is -2.40. The molecular weight excluding hydrogens is 392 g/mol. The standard InChI is InChI=1S/C25H22N2O4/c28-24(19-11-12-22-23(13-19)31-17-30-22)26-15-20(16-26)25(29)27(21-9-5-2-6-10-21)14-18-7-3-1-4-8-18/h1-13,20H,14-17H2. The third-order valence-electron chi connectivity index (χ3n) is 5.65. The van der Waals surface area contributed by atoms with Crippen molar-refractivity contribution in [1.82, 2.24) is 4.90 Å². The number of fused-ring (bicyclic) bond motifs is 1. The van der Waals surface area contributed by atoms with Crippen molar-refractivity contribution < 1.29 is 19.1 Å². The smallest absolute Gasteiger partial charge is 0.254 e. The Labute approximate surface area is 180 Å². The van der Waals surface area contributed by atoms with Gasteiger partial charge in [-0.15, -0.1) is 0 Å². The molecule has 0 unspecified atom stereocenters. The Hall–Kier alpha value is -3.80. The van der Waals surface area contributed by atoms with E-state index in [1.54, 1.807) is 23.1 Å². The summed E-state index contributed by atoms with van der Waals surface area (Å²) in [5.74, 6) is 0.938. The summed E-state index contributed by atoms with van der Waals surface area (Å²) in [5.41, 5.74) is 2.46. The van der Waals surface area contributed by atoms with E-state index in [1.165, 1.54) is 0 Å². The van der Waals surface area contributed by atoms with Gasteiger partial charge in [0.15, 0.2) is 11.5 Å². The Balaban J connectivity index is 1.28. The predicted molar refractivity (Wildman–Crippen MR) is 116 cm³/mol. The molecule has 2 amide bonds. The second kappa shape index (κ2) is 8.14. The number of carbonyl (C=O) groups is 2. The van der Waals surface area contributed by atoms with E-state index in [0.717, 1.165) is 11.3 Å². The van der Waals surface area contributed by atoms with Gasteiger partial charge in [-0.3, -0.25) is 9.59 Å². The molecule has 0 bridgehead atoms. The molecule has 5 rings (SSSR count). The van der Waals surface area contributed by atoms with Gasteiger partial charge >= 0.3 is 0 Å². The Morgan fingerprint density at radius 2 is 1.55 bits per heavy atom. The Morgan fingerprint density at radius 3 is 2.29 bits per heavy atom. The maximum Gasteiger partial charge on any atom is 0.254 e. The van der Waals surface area contributed by atoms with Gasteiger partial charge in [-0.2, -0.15) is 0 Å². The van der Waals surface area contributed by atoms with Gasteiger partial charge < -0.3 is 19.3 Å². The highest BCUT2D eigenvalue weighted by atomic mass is 16.7. The van der Waals surface area contributed by atoms with Gasteiger partial charge in [0, 0.05) is 24.3 Å². The lowest BCUT2D eigenvalue weighted by atomic mass is 9.96. The van der Waals surface area contributed by atoms with E-state index in [0.29, 0.717) is 36.7 Å². The number of rotatable bonds is 5. The fourth-order valence-electron chi connectivity index (χ4n) is 3.90. The van der Waals surface area contributed by atoms with Gasteiger partial charge in [0.2, 0.25) is 12.7 Å². The zero-order valence-corrected chi connectivity index (χ0v) is 16.9. The van der Waals surface area contributed by atoms with E-state index >= 15 is 0 Å². The van der Waals surface area contributed by atoms with Gasteiger partial charge in [-0.05, 0) is 35.9 Å². The Morgan fingerprint density at radius 1 is 0.871 bits per heavy atom.